The van der Waals surface area contributed by atoms with Crippen molar-refractivity contribution in [2.75, 3.05) is 25.1 Å². The lowest BCUT2D eigenvalue weighted by molar-refractivity contribution is -0.152. The number of ether oxygens (including phenoxy) is 1. The van der Waals surface area contributed by atoms with Gasteiger partial charge in [0, 0.05) is 31.4 Å². The number of carbonyl (C=O) groups is 3. The Balaban J connectivity index is 0.000000345. The largest absolute Gasteiger partial charge is 0.492 e. The Labute approximate surface area is 206 Å². The van der Waals surface area contributed by atoms with Crippen LogP contribution in [-0.4, -0.2) is 75.2 Å². The number of aromatic carboxylic acids is 1. The fourth-order valence-electron chi connectivity index (χ4n) is 4.50. The summed E-state index contributed by atoms with van der Waals surface area (Å²) >= 11 is 0. The zero-order valence-electron chi connectivity index (χ0n) is 20.1. The molecule has 0 bridgehead atoms. The number of rotatable bonds is 7. The molecule has 1 saturated carbocycles. The second-order valence-corrected chi connectivity index (χ2v) is 9.29. The smallest absolute Gasteiger partial charge is 0.341 e. The molecule has 1 aromatic carbocycles. The van der Waals surface area contributed by atoms with Gasteiger partial charge in [-0.1, -0.05) is 6.92 Å². The Hall–Kier alpha value is -3.64. The second-order valence-electron chi connectivity index (χ2n) is 9.29. The molecule has 0 amide bonds. The van der Waals surface area contributed by atoms with Gasteiger partial charge in [-0.25, -0.2) is 9.59 Å². The third-order valence-electron chi connectivity index (χ3n) is 6.19. The van der Waals surface area contributed by atoms with Crippen molar-refractivity contribution in [3.63, 3.8) is 0 Å². The van der Waals surface area contributed by atoms with Crippen LogP contribution in [0.25, 0.3) is 10.9 Å². The average Bonchev–Trinajstić information content (AvgIpc) is 3.63. The number of aliphatic carboxylic acids is 2. The van der Waals surface area contributed by atoms with E-state index in [1.807, 2.05) is 10.6 Å². The fourth-order valence-corrected chi connectivity index (χ4v) is 4.50. The first-order valence-electron chi connectivity index (χ1n) is 11.6. The van der Waals surface area contributed by atoms with Crippen LogP contribution in [0.4, 0.5) is 5.69 Å². The number of aromatic nitrogens is 1. The van der Waals surface area contributed by atoms with Crippen molar-refractivity contribution in [1.29, 1.82) is 0 Å². The van der Waals surface area contributed by atoms with E-state index in [2.05, 4.69) is 11.8 Å². The van der Waals surface area contributed by atoms with E-state index < -0.39 is 35.9 Å². The van der Waals surface area contributed by atoms with Gasteiger partial charge < -0.3 is 40.4 Å². The van der Waals surface area contributed by atoms with Crippen molar-refractivity contribution in [2.24, 2.45) is 11.7 Å². The van der Waals surface area contributed by atoms with Gasteiger partial charge in [0.1, 0.15) is 5.56 Å². The van der Waals surface area contributed by atoms with E-state index in [1.165, 1.54) is 6.20 Å². The quantitative estimate of drug-likeness (QED) is 0.362. The van der Waals surface area contributed by atoms with Crippen LogP contribution in [0.5, 0.6) is 5.75 Å². The Morgan fingerprint density at radius 3 is 2.31 bits per heavy atom. The molecule has 1 aromatic heterocycles. The number of aliphatic hydroxyl groups excluding tert-OH is 1. The summed E-state index contributed by atoms with van der Waals surface area (Å²) in [6, 6.07) is 3.88. The molecule has 36 heavy (non-hydrogen) atoms. The van der Waals surface area contributed by atoms with E-state index >= 15 is 0 Å². The molecule has 12 heteroatoms. The number of pyridine rings is 1. The predicted octanol–water partition coefficient (Wildman–Crippen LogP) is 1.12. The summed E-state index contributed by atoms with van der Waals surface area (Å²) in [5.41, 5.74) is 7.14. The molecule has 196 valence electrons. The maximum atomic E-state index is 12.7. The summed E-state index contributed by atoms with van der Waals surface area (Å²) in [4.78, 5) is 45.9. The second kappa shape index (κ2) is 11.0. The van der Waals surface area contributed by atoms with Crippen LogP contribution in [-0.2, 0) is 9.59 Å². The SMILES string of the molecule is COc1c(N2C[C@H](C)C[C@H](N)C2)ccc2c(=O)c(C(=O)O)cn(C3CC3)c12.O=C(O)CC(O)C(=O)O. The maximum Gasteiger partial charge on any atom is 0.341 e. The summed E-state index contributed by atoms with van der Waals surface area (Å²) in [7, 11) is 1.60. The van der Waals surface area contributed by atoms with Crippen molar-refractivity contribution < 1.29 is 39.5 Å². The highest BCUT2D eigenvalue weighted by Crippen LogP contribution is 2.43. The number of piperidine rings is 1. The number of hydrogen-bond acceptors (Lipinski definition) is 8. The number of carboxylic acids is 3. The first-order chi connectivity index (χ1) is 16.9. The van der Waals surface area contributed by atoms with Crippen molar-refractivity contribution in [3.8, 4) is 5.75 Å². The van der Waals surface area contributed by atoms with Crippen LogP contribution < -0.4 is 20.8 Å². The van der Waals surface area contributed by atoms with Crippen molar-refractivity contribution >= 4 is 34.5 Å². The standard InChI is InChI=1S/C20H25N3O4.C4H6O5/c1-11-7-12(21)9-22(8-11)16-6-5-14-17(19(16)27-2)23(13-3-4-13)10-15(18(14)24)20(25)26;5-2(4(8)9)1-3(6)7/h5-6,10-13H,3-4,7-9,21H2,1-2H3,(H,25,26);2,5H,1H2,(H,6,7)(H,8,9)/t11-,12+;/m1./s1. The molecule has 2 aliphatic rings. The highest BCUT2D eigenvalue weighted by molar-refractivity contribution is 5.97. The molecular weight excluding hydrogens is 474 g/mol. The molecule has 12 nitrogen and oxygen atoms in total. The molecule has 1 unspecified atom stereocenters. The summed E-state index contributed by atoms with van der Waals surface area (Å²) < 4.78 is 7.68. The van der Waals surface area contributed by atoms with E-state index in [0.717, 1.165) is 38.0 Å². The molecule has 4 rings (SSSR count). The first-order valence-corrected chi connectivity index (χ1v) is 11.6. The van der Waals surface area contributed by atoms with Gasteiger partial charge in [-0.05, 0) is 37.3 Å². The molecule has 1 aliphatic heterocycles. The van der Waals surface area contributed by atoms with Crippen molar-refractivity contribution in [3.05, 3.63) is 34.1 Å². The van der Waals surface area contributed by atoms with Crippen LogP contribution in [0.1, 0.15) is 49.0 Å². The molecule has 0 radical (unpaired) electrons. The normalized spacial score (nSPS) is 20.3. The molecule has 2 fully saturated rings. The zero-order chi connectivity index (χ0) is 26.7. The first kappa shape index (κ1) is 27.0. The highest BCUT2D eigenvalue weighted by atomic mass is 16.5. The van der Waals surface area contributed by atoms with Gasteiger partial charge in [0.05, 0.1) is 30.1 Å². The van der Waals surface area contributed by atoms with Gasteiger partial charge in [-0.3, -0.25) is 9.59 Å². The van der Waals surface area contributed by atoms with E-state index in [-0.39, 0.29) is 17.6 Å². The molecule has 3 atom stereocenters. The fraction of sp³-hybridized carbons (Fsp3) is 0.500. The number of fused-ring (bicyclic) bond motifs is 1. The highest BCUT2D eigenvalue weighted by Gasteiger charge is 2.31. The third-order valence-corrected chi connectivity index (χ3v) is 6.19. The lowest BCUT2D eigenvalue weighted by Gasteiger charge is -2.37. The lowest BCUT2D eigenvalue weighted by atomic mass is 9.95. The van der Waals surface area contributed by atoms with Gasteiger partial charge in [0.25, 0.3) is 0 Å². The summed E-state index contributed by atoms with van der Waals surface area (Å²) in [5, 5.41) is 34.0. The summed E-state index contributed by atoms with van der Waals surface area (Å²) in [5.74, 6) is -2.96. The van der Waals surface area contributed by atoms with Gasteiger partial charge >= 0.3 is 17.9 Å². The number of nitrogens with zero attached hydrogens (tertiary/aromatic N) is 2. The molecule has 0 spiro atoms. The monoisotopic (exact) mass is 505 g/mol. The van der Waals surface area contributed by atoms with E-state index in [0.29, 0.717) is 22.6 Å². The Morgan fingerprint density at radius 1 is 1.17 bits per heavy atom. The minimum absolute atomic E-state index is 0.0918. The van der Waals surface area contributed by atoms with E-state index in [4.69, 9.17) is 25.8 Å². The Kier molecular flexibility index (Phi) is 8.21. The summed E-state index contributed by atoms with van der Waals surface area (Å²) in [6.45, 7) is 3.78. The van der Waals surface area contributed by atoms with Crippen LogP contribution in [0.15, 0.2) is 23.1 Å². The lowest BCUT2D eigenvalue weighted by Crippen LogP contribution is -2.46. The van der Waals surface area contributed by atoms with Crippen molar-refractivity contribution in [2.45, 2.75) is 50.8 Å². The average molecular weight is 506 g/mol. The topological polar surface area (TPSA) is 193 Å². The van der Waals surface area contributed by atoms with E-state index in [9.17, 15) is 24.3 Å². The van der Waals surface area contributed by atoms with E-state index in [1.54, 1.807) is 13.2 Å². The minimum atomic E-state index is -1.79. The number of hydrogen-bond donors (Lipinski definition) is 5. The van der Waals surface area contributed by atoms with Crippen LogP contribution >= 0.6 is 0 Å². The van der Waals surface area contributed by atoms with Crippen LogP contribution in [0.2, 0.25) is 0 Å². The number of nitrogens with two attached hydrogens (primary N) is 1. The number of anilines is 1. The molecule has 2 aromatic rings. The maximum absolute atomic E-state index is 12.7. The number of carboxylic acid groups (broad SMARTS) is 3. The minimum Gasteiger partial charge on any atom is -0.492 e. The van der Waals surface area contributed by atoms with Gasteiger partial charge in [0.15, 0.2) is 11.9 Å². The molecule has 6 N–H and O–H groups in total. The number of methoxy groups -OCH3 is 1. The molecule has 2 heterocycles. The Morgan fingerprint density at radius 2 is 1.83 bits per heavy atom. The molecular formula is C24H31N3O9. The van der Waals surface area contributed by atoms with Crippen LogP contribution in [0, 0.1) is 5.92 Å². The van der Waals surface area contributed by atoms with Gasteiger partial charge in [-0.15, -0.1) is 0 Å². The van der Waals surface area contributed by atoms with Gasteiger partial charge in [0.2, 0.25) is 5.43 Å². The van der Waals surface area contributed by atoms with Gasteiger partial charge in [-0.2, -0.15) is 0 Å². The van der Waals surface area contributed by atoms with Crippen molar-refractivity contribution in [1.82, 2.24) is 4.57 Å². The third kappa shape index (κ3) is 5.94. The molecule has 1 aliphatic carbocycles. The zero-order valence-corrected chi connectivity index (χ0v) is 20.1. The molecule has 1 saturated heterocycles. The number of aliphatic hydroxyl groups is 1. The van der Waals surface area contributed by atoms with Crippen LogP contribution in [0.3, 0.4) is 0 Å². The number of benzene rings is 1. The Bertz CT molecular complexity index is 1210. The summed E-state index contributed by atoms with van der Waals surface area (Å²) in [6.07, 6.45) is 1.85. The predicted molar refractivity (Wildman–Crippen MR) is 130 cm³/mol.